The molecule has 152 valence electrons. The lowest BCUT2D eigenvalue weighted by atomic mass is 9.94. The van der Waals surface area contributed by atoms with Gasteiger partial charge in [-0.15, -0.1) is 11.3 Å². The molecule has 4 rings (SSSR count). The van der Waals surface area contributed by atoms with Gasteiger partial charge >= 0.3 is 0 Å². The van der Waals surface area contributed by atoms with Crippen molar-refractivity contribution < 1.29 is 8.42 Å². The molecular weight excluding hydrogens is 404 g/mol. The second-order valence-electron chi connectivity index (χ2n) is 7.22. The van der Waals surface area contributed by atoms with Crippen molar-refractivity contribution in [3.05, 3.63) is 64.8 Å². The molecule has 3 heterocycles. The molecule has 0 bridgehead atoms. The third kappa shape index (κ3) is 4.34. The second kappa shape index (κ2) is 8.22. The quantitative estimate of drug-likeness (QED) is 0.649. The Kier molecular flexibility index (Phi) is 5.67. The van der Waals surface area contributed by atoms with Crippen LogP contribution in [-0.2, 0) is 10.0 Å². The molecule has 0 saturated carbocycles. The maximum Gasteiger partial charge on any atom is 0.243 e. The van der Waals surface area contributed by atoms with Gasteiger partial charge in [0.15, 0.2) is 5.13 Å². The van der Waals surface area contributed by atoms with E-state index < -0.39 is 10.0 Å². The van der Waals surface area contributed by atoms with E-state index in [2.05, 4.69) is 17.2 Å². The van der Waals surface area contributed by atoms with Crippen LogP contribution >= 0.6 is 11.3 Å². The molecule has 1 aliphatic heterocycles. The maximum absolute atomic E-state index is 12.8. The van der Waals surface area contributed by atoms with E-state index in [1.165, 1.54) is 4.88 Å². The highest BCUT2D eigenvalue weighted by Gasteiger charge is 2.30. The zero-order valence-corrected chi connectivity index (χ0v) is 18.1. The van der Waals surface area contributed by atoms with Crippen LogP contribution in [0.2, 0.25) is 0 Å². The van der Waals surface area contributed by atoms with E-state index in [0.717, 1.165) is 35.2 Å². The molecule has 0 aliphatic carbocycles. The van der Waals surface area contributed by atoms with Crippen LogP contribution in [0.4, 0.5) is 10.9 Å². The molecule has 0 spiro atoms. The Labute approximate surface area is 175 Å². The number of anilines is 2. The normalized spacial score (nSPS) is 16.1. The summed E-state index contributed by atoms with van der Waals surface area (Å²) in [6.07, 6.45) is 1.52. The van der Waals surface area contributed by atoms with E-state index in [0.29, 0.717) is 18.0 Å². The smallest absolute Gasteiger partial charge is 0.243 e. The van der Waals surface area contributed by atoms with E-state index in [1.807, 2.05) is 31.2 Å². The number of nitrogens with zero attached hydrogens (tertiary/aromatic N) is 3. The van der Waals surface area contributed by atoms with Gasteiger partial charge in [-0.2, -0.15) is 4.31 Å². The van der Waals surface area contributed by atoms with Gasteiger partial charge in [0.05, 0.1) is 10.6 Å². The summed E-state index contributed by atoms with van der Waals surface area (Å²) in [6.45, 7) is 5.07. The Bertz CT molecular complexity index is 1070. The molecule has 1 saturated heterocycles. The zero-order chi connectivity index (χ0) is 20.4. The van der Waals surface area contributed by atoms with Crippen molar-refractivity contribution in [1.82, 2.24) is 14.3 Å². The fourth-order valence-corrected chi connectivity index (χ4v) is 5.83. The van der Waals surface area contributed by atoms with Crippen LogP contribution in [0.3, 0.4) is 0 Å². The summed E-state index contributed by atoms with van der Waals surface area (Å²) in [5.41, 5.74) is 2.03. The molecule has 2 aromatic heterocycles. The van der Waals surface area contributed by atoms with Gasteiger partial charge in [0.2, 0.25) is 10.0 Å². The van der Waals surface area contributed by atoms with E-state index in [-0.39, 0.29) is 5.92 Å². The van der Waals surface area contributed by atoms with Crippen molar-refractivity contribution in [2.45, 2.75) is 37.5 Å². The number of rotatable bonds is 5. The first-order valence-corrected chi connectivity index (χ1v) is 11.9. The highest BCUT2D eigenvalue weighted by atomic mass is 32.2. The number of aryl methyl sites for hydroxylation is 2. The van der Waals surface area contributed by atoms with Gasteiger partial charge in [0.25, 0.3) is 0 Å². The second-order valence-corrected chi connectivity index (χ2v) is 10.4. The van der Waals surface area contributed by atoms with Crippen molar-refractivity contribution in [2.24, 2.45) is 0 Å². The minimum Gasteiger partial charge on any atom is -0.316 e. The van der Waals surface area contributed by atoms with E-state index in [1.54, 1.807) is 39.9 Å². The SMILES string of the molecule is Cc1nc(Nc2cccc(C3CCN(S(=O)(=O)c4ccccc4)CC3)n2)sc1C. The molecule has 0 amide bonds. The first kappa shape index (κ1) is 20.0. The predicted octanol–water partition coefficient (Wildman–Crippen LogP) is 4.47. The highest BCUT2D eigenvalue weighted by Crippen LogP contribution is 2.31. The number of hydrogen-bond donors (Lipinski definition) is 1. The monoisotopic (exact) mass is 428 g/mol. The van der Waals surface area contributed by atoms with Crippen LogP contribution in [-0.4, -0.2) is 35.8 Å². The maximum atomic E-state index is 12.8. The lowest BCUT2D eigenvalue weighted by Gasteiger charge is -2.31. The number of piperidine rings is 1. The molecule has 29 heavy (non-hydrogen) atoms. The van der Waals surface area contributed by atoms with Crippen molar-refractivity contribution in [1.29, 1.82) is 0 Å². The number of pyridine rings is 1. The molecule has 0 radical (unpaired) electrons. The average molecular weight is 429 g/mol. The lowest BCUT2D eigenvalue weighted by Crippen LogP contribution is -2.38. The fourth-order valence-electron chi connectivity index (χ4n) is 3.52. The topological polar surface area (TPSA) is 75.2 Å². The molecule has 1 aliphatic rings. The van der Waals surface area contributed by atoms with Crippen LogP contribution in [0.1, 0.15) is 35.0 Å². The molecule has 0 unspecified atom stereocenters. The van der Waals surface area contributed by atoms with Crippen LogP contribution in [0, 0.1) is 13.8 Å². The Morgan fingerprint density at radius 1 is 1.00 bits per heavy atom. The molecule has 1 aromatic carbocycles. The summed E-state index contributed by atoms with van der Waals surface area (Å²) in [5.74, 6) is 1.02. The number of hydrogen-bond acceptors (Lipinski definition) is 6. The molecule has 1 N–H and O–H groups in total. The summed E-state index contributed by atoms with van der Waals surface area (Å²) in [5, 5.41) is 4.13. The van der Waals surface area contributed by atoms with Gasteiger partial charge in [-0.1, -0.05) is 24.3 Å². The van der Waals surface area contributed by atoms with Crippen LogP contribution in [0.5, 0.6) is 0 Å². The summed E-state index contributed by atoms with van der Waals surface area (Å²) >= 11 is 1.62. The predicted molar refractivity (Wildman–Crippen MR) is 116 cm³/mol. The summed E-state index contributed by atoms with van der Waals surface area (Å²) in [4.78, 5) is 10.8. The van der Waals surface area contributed by atoms with Gasteiger partial charge in [0, 0.05) is 29.6 Å². The lowest BCUT2D eigenvalue weighted by molar-refractivity contribution is 0.317. The molecule has 6 nitrogen and oxygen atoms in total. The number of sulfonamides is 1. The largest absolute Gasteiger partial charge is 0.316 e. The number of nitrogens with one attached hydrogen (secondary N) is 1. The average Bonchev–Trinajstić information content (AvgIpc) is 3.05. The van der Waals surface area contributed by atoms with E-state index in [4.69, 9.17) is 4.98 Å². The van der Waals surface area contributed by atoms with Crippen molar-refractivity contribution in [3.8, 4) is 0 Å². The molecule has 0 atom stereocenters. The minimum absolute atomic E-state index is 0.249. The zero-order valence-electron chi connectivity index (χ0n) is 16.5. The van der Waals surface area contributed by atoms with Crippen molar-refractivity contribution in [2.75, 3.05) is 18.4 Å². The third-order valence-electron chi connectivity index (χ3n) is 5.29. The van der Waals surface area contributed by atoms with Crippen LogP contribution < -0.4 is 5.32 Å². The van der Waals surface area contributed by atoms with Gasteiger partial charge < -0.3 is 5.32 Å². The molecule has 8 heteroatoms. The first-order chi connectivity index (χ1) is 13.9. The van der Waals surface area contributed by atoms with Crippen LogP contribution in [0.15, 0.2) is 53.4 Å². The standard InChI is InChI=1S/C21H24N4O2S2/c1-15-16(2)28-21(22-15)24-20-10-6-9-19(23-20)17-11-13-25(14-12-17)29(26,27)18-7-4-3-5-8-18/h3-10,17H,11-14H2,1-2H3,(H,22,23,24). The van der Waals surface area contributed by atoms with Gasteiger partial charge in [-0.05, 0) is 51.0 Å². The Balaban J connectivity index is 1.43. The van der Waals surface area contributed by atoms with Gasteiger partial charge in [0.1, 0.15) is 5.82 Å². The number of thiazole rings is 1. The summed E-state index contributed by atoms with van der Waals surface area (Å²) in [7, 11) is -3.42. The third-order valence-corrected chi connectivity index (χ3v) is 8.19. The van der Waals surface area contributed by atoms with E-state index in [9.17, 15) is 8.42 Å². The van der Waals surface area contributed by atoms with Gasteiger partial charge in [-0.25, -0.2) is 18.4 Å². The number of benzene rings is 1. The highest BCUT2D eigenvalue weighted by molar-refractivity contribution is 7.89. The summed E-state index contributed by atoms with van der Waals surface area (Å²) in [6, 6.07) is 14.6. The summed E-state index contributed by atoms with van der Waals surface area (Å²) < 4.78 is 27.2. The molecule has 3 aromatic rings. The van der Waals surface area contributed by atoms with Crippen molar-refractivity contribution >= 4 is 32.3 Å². The minimum atomic E-state index is -3.42. The van der Waals surface area contributed by atoms with Gasteiger partial charge in [-0.3, -0.25) is 0 Å². The molecular formula is C21H24N4O2S2. The molecule has 1 fully saturated rings. The fraction of sp³-hybridized carbons (Fsp3) is 0.333. The Hall–Kier alpha value is -2.29. The first-order valence-electron chi connectivity index (χ1n) is 9.67. The van der Waals surface area contributed by atoms with Crippen LogP contribution in [0.25, 0.3) is 0 Å². The van der Waals surface area contributed by atoms with Crippen molar-refractivity contribution in [3.63, 3.8) is 0 Å². The number of aromatic nitrogens is 2. The Morgan fingerprint density at radius 2 is 1.72 bits per heavy atom. The van der Waals surface area contributed by atoms with E-state index >= 15 is 0 Å². The Morgan fingerprint density at radius 3 is 2.38 bits per heavy atom.